The summed E-state index contributed by atoms with van der Waals surface area (Å²) in [6.45, 7) is 1.96. The Balaban J connectivity index is 2.61. The predicted molar refractivity (Wildman–Crippen MR) is 53.2 cm³/mol. The van der Waals surface area contributed by atoms with Crippen LogP contribution in [0.4, 0.5) is 0 Å². The molecule has 0 saturated heterocycles. The highest BCUT2D eigenvalue weighted by molar-refractivity contribution is 5.83. The van der Waals surface area contributed by atoms with Gasteiger partial charge in [0, 0.05) is 12.0 Å². The monoisotopic (exact) mass is 208 g/mol. The summed E-state index contributed by atoms with van der Waals surface area (Å²) in [6.07, 6.45) is 0.415. The van der Waals surface area contributed by atoms with Crippen molar-refractivity contribution in [1.82, 2.24) is 0 Å². The van der Waals surface area contributed by atoms with Gasteiger partial charge in [-0.3, -0.25) is 4.79 Å². The van der Waals surface area contributed by atoms with Gasteiger partial charge < -0.3 is 14.9 Å². The minimum Gasteiger partial charge on any atom is -0.504 e. The molecule has 1 aliphatic heterocycles. The summed E-state index contributed by atoms with van der Waals surface area (Å²) < 4.78 is 5.29. The van der Waals surface area contributed by atoms with Gasteiger partial charge in [-0.2, -0.15) is 0 Å². The van der Waals surface area contributed by atoms with E-state index in [9.17, 15) is 15.0 Å². The van der Waals surface area contributed by atoms with Crippen LogP contribution in [0.15, 0.2) is 18.2 Å². The van der Waals surface area contributed by atoms with Gasteiger partial charge in [-0.1, -0.05) is 12.1 Å². The van der Waals surface area contributed by atoms with Gasteiger partial charge in [0.1, 0.15) is 0 Å². The summed E-state index contributed by atoms with van der Waals surface area (Å²) >= 11 is 0. The molecule has 0 saturated carbocycles. The number of carbonyl (C=O) groups is 1. The van der Waals surface area contributed by atoms with Gasteiger partial charge in [-0.15, -0.1) is 0 Å². The number of aliphatic carboxylic acids is 1. The lowest BCUT2D eigenvalue weighted by Gasteiger charge is -2.32. The fraction of sp³-hybridized carbons (Fsp3) is 0.364. The largest absolute Gasteiger partial charge is 0.504 e. The Bertz CT molecular complexity index is 413. The first-order chi connectivity index (χ1) is 7.05. The summed E-state index contributed by atoms with van der Waals surface area (Å²) in [7, 11) is 0. The molecule has 4 heteroatoms. The molecule has 1 unspecified atom stereocenters. The summed E-state index contributed by atoms with van der Waals surface area (Å²) in [4.78, 5) is 11.2. The number of hydrogen-bond acceptors (Lipinski definition) is 3. The lowest BCUT2D eigenvalue weighted by Crippen LogP contribution is -2.37. The van der Waals surface area contributed by atoms with E-state index in [2.05, 4.69) is 0 Å². The number of phenols is 1. The minimum atomic E-state index is -0.966. The predicted octanol–water partition coefficient (Wildman–Crippen LogP) is 1.52. The van der Waals surface area contributed by atoms with E-state index in [1.54, 1.807) is 19.1 Å². The fourth-order valence-electron chi connectivity index (χ4n) is 1.83. The third-order valence-electron chi connectivity index (χ3n) is 2.91. The summed E-state index contributed by atoms with van der Waals surface area (Å²) in [6, 6.07) is 4.80. The molecule has 0 aliphatic carbocycles. The number of phenolic OH excluding ortho intramolecular Hbond substituents is 1. The molecule has 4 nitrogen and oxygen atoms in total. The van der Waals surface area contributed by atoms with E-state index >= 15 is 0 Å². The van der Waals surface area contributed by atoms with E-state index in [1.807, 2.05) is 0 Å². The number of para-hydroxylation sites is 1. The van der Waals surface area contributed by atoms with Crippen molar-refractivity contribution in [3.8, 4) is 11.5 Å². The molecule has 1 aliphatic rings. The molecule has 2 N–H and O–H groups in total. The molecule has 0 spiro atoms. The van der Waals surface area contributed by atoms with E-state index < -0.39 is 11.4 Å². The highest BCUT2D eigenvalue weighted by Crippen LogP contribution is 2.43. The third-order valence-corrected chi connectivity index (χ3v) is 2.91. The Morgan fingerprint density at radius 1 is 1.53 bits per heavy atom. The zero-order valence-corrected chi connectivity index (χ0v) is 8.36. The standard InChI is InChI=1S/C11H12O4/c1-11(10(13)14)5-6-15-9-7(11)3-2-4-8(9)12/h2-4,12H,5-6H2,1H3,(H,13,14). The van der Waals surface area contributed by atoms with Gasteiger partial charge in [0.2, 0.25) is 0 Å². The number of carboxylic acids is 1. The van der Waals surface area contributed by atoms with Gasteiger partial charge in [0.15, 0.2) is 11.5 Å². The Labute approximate surface area is 87.1 Å². The lowest BCUT2D eigenvalue weighted by atomic mass is 9.78. The zero-order chi connectivity index (χ0) is 11.1. The van der Waals surface area contributed by atoms with Crippen LogP contribution < -0.4 is 4.74 Å². The smallest absolute Gasteiger partial charge is 0.314 e. The van der Waals surface area contributed by atoms with Crippen LogP contribution in [0.1, 0.15) is 18.9 Å². The number of benzene rings is 1. The Kier molecular flexibility index (Phi) is 2.07. The van der Waals surface area contributed by atoms with Crippen LogP contribution in [0.2, 0.25) is 0 Å². The van der Waals surface area contributed by atoms with E-state index in [0.29, 0.717) is 24.3 Å². The molecule has 2 rings (SSSR count). The van der Waals surface area contributed by atoms with Gasteiger partial charge >= 0.3 is 5.97 Å². The Morgan fingerprint density at radius 2 is 2.27 bits per heavy atom. The third kappa shape index (κ3) is 1.33. The first-order valence-corrected chi connectivity index (χ1v) is 4.74. The zero-order valence-electron chi connectivity index (χ0n) is 8.36. The molecule has 1 heterocycles. The molecule has 1 aromatic rings. The van der Waals surface area contributed by atoms with Crippen LogP contribution in [0.25, 0.3) is 0 Å². The van der Waals surface area contributed by atoms with Crippen molar-refractivity contribution in [1.29, 1.82) is 0 Å². The van der Waals surface area contributed by atoms with Crippen LogP contribution in [0.3, 0.4) is 0 Å². The molecule has 0 fully saturated rings. The van der Waals surface area contributed by atoms with Crippen LogP contribution in [0.5, 0.6) is 11.5 Å². The highest BCUT2D eigenvalue weighted by atomic mass is 16.5. The topological polar surface area (TPSA) is 66.8 Å². The maximum Gasteiger partial charge on any atom is 0.314 e. The Morgan fingerprint density at radius 3 is 2.93 bits per heavy atom. The lowest BCUT2D eigenvalue weighted by molar-refractivity contribution is -0.144. The Hall–Kier alpha value is -1.71. The van der Waals surface area contributed by atoms with Crippen molar-refractivity contribution in [3.05, 3.63) is 23.8 Å². The SMILES string of the molecule is CC1(C(=O)O)CCOc2c(O)cccc21. The second-order valence-corrected chi connectivity index (χ2v) is 3.89. The summed E-state index contributed by atoms with van der Waals surface area (Å²) in [5.74, 6) is -0.592. The van der Waals surface area contributed by atoms with Gasteiger partial charge in [0.25, 0.3) is 0 Å². The van der Waals surface area contributed by atoms with E-state index in [0.717, 1.165) is 0 Å². The first-order valence-electron chi connectivity index (χ1n) is 4.74. The van der Waals surface area contributed by atoms with Crippen molar-refractivity contribution >= 4 is 5.97 Å². The maximum absolute atomic E-state index is 11.2. The van der Waals surface area contributed by atoms with Crippen LogP contribution in [-0.2, 0) is 10.2 Å². The van der Waals surface area contributed by atoms with Crippen molar-refractivity contribution in [2.75, 3.05) is 6.61 Å². The molecule has 0 radical (unpaired) electrons. The molecule has 80 valence electrons. The molecule has 0 bridgehead atoms. The quantitative estimate of drug-likeness (QED) is 0.734. The average molecular weight is 208 g/mol. The highest BCUT2D eigenvalue weighted by Gasteiger charge is 2.41. The molecule has 0 aromatic heterocycles. The number of ether oxygens (including phenoxy) is 1. The average Bonchev–Trinajstić information content (AvgIpc) is 2.20. The van der Waals surface area contributed by atoms with E-state index in [4.69, 9.17) is 4.74 Å². The number of carboxylic acid groups (broad SMARTS) is 1. The van der Waals surface area contributed by atoms with E-state index in [-0.39, 0.29) is 5.75 Å². The van der Waals surface area contributed by atoms with Crippen LogP contribution >= 0.6 is 0 Å². The van der Waals surface area contributed by atoms with Crippen molar-refractivity contribution in [2.24, 2.45) is 0 Å². The number of hydrogen-bond donors (Lipinski definition) is 2. The van der Waals surface area contributed by atoms with Gasteiger partial charge in [0.05, 0.1) is 12.0 Å². The number of rotatable bonds is 1. The maximum atomic E-state index is 11.2. The van der Waals surface area contributed by atoms with E-state index in [1.165, 1.54) is 6.07 Å². The van der Waals surface area contributed by atoms with Crippen molar-refractivity contribution in [2.45, 2.75) is 18.8 Å². The first kappa shape index (κ1) is 9.83. The second kappa shape index (κ2) is 3.15. The van der Waals surface area contributed by atoms with Gasteiger partial charge in [-0.05, 0) is 13.0 Å². The molecule has 1 aromatic carbocycles. The molecule has 15 heavy (non-hydrogen) atoms. The summed E-state index contributed by atoms with van der Waals surface area (Å²) in [5.41, 5.74) is -0.423. The van der Waals surface area contributed by atoms with Crippen LogP contribution in [0, 0.1) is 0 Å². The fourth-order valence-corrected chi connectivity index (χ4v) is 1.83. The minimum absolute atomic E-state index is 0.000301. The molecular formula is C11H12O4. The number of fused-ring (bicyclic) bond motifs is 1. The number of aromatic hydroxyl groups is 1. The summed E-state index contributed by atoms with van der Waals surface area (Å²) in [5, 5.41) is 18.8. The van der Waals surface area contributed by atoms with Crippen LogP contribution in [-0.4, -0.2) is 22.8 Å². The normalized spacial score (nSPS) is 24.1. The molecule has 0 amide bonds. The van der Waals surface area contributed by atoms with Crippen molar-refractivity contribution in [3.63, 3.8) is 0 Å². The second-order valence-electron chi connectivity index (χ2n) is 3.89. The molecular weight excluding hydrogens is 196 g/mol. The van der Waals surface area contributed by atoms with Crippen molar-refractivity contribution < 1.29 is 19.7 Å². The molecule has 1 atom stereocenters. The van der Waals surface area contributed by atoms with Gasteiger partial charge in [-0.25, -0.2) is 0 Å².